The molecule has 0 fully saturated rings. The highest BCUT2D eigenvalue weighted by Gasteiger charge is 2.20. The first kappa shape index (κ1) is 12.6. The lowest BCUT2D eigenvalue weighted by Gasteiger charge is -2.04. The Balaban J connectivity index is 3.09. The summed E-state index contributed by atoms with van der Waals surface area (Å²) in [6.07, 6.45) is 3.70. The summed E-state index contributed by atoms with van der Waals surface area (Å²) < 4.78 is 10.6. The lowest BCUT2D eigenvalue weighted by atomic mass is 10.1. The SMILES string of the molecule is C/C=C/c1cc(C(=O)OCC)c(C(C)C)o1. The van der Waals surface area contributed by atoms with Crippen molar-refractivity contribution in [3.8, 4) is 0 Å². The molecule has 3 nitrogen and oxygen atoms in total. The third-order valence-corrected chi connectivity index (χ3v) is 2.13. The smallest absolute Gasteiger partial charge is 0.341 e. The van der Waals surface area contributed by atoms with Crippen LogP contribution in [0.4, 0.5) is 0 Å². The van der Waals surface area contributed by atoms with Crippen molar-refractivity contribution < 1.29 is 13.9 Å². The van der Waals surface area contributed by atoms with E-state index in [4.69, 9.17) is 9.15 Å². The summed E-state index contributed by atoms with van der Waals surface area (Å²) in [5.41, 5.74) is 0.532. The normalized spacial score (nSPS) is 11.3. The van der Waals surface area contributed by atoms with Crippen molar-refractivity contribution in [2.24, 2.45) is 0 Å². The zero-order chi connectivity index (χ0) is 12.1. The molecule has 0 N–H and O–H groups in total. The topological polar surface area (TPSA) is 39.4 Å². The van der Waals surface area contributed by atoms with Crippen LogP contribution in [0.25, 0.3) is 6.08 Å². The number of furan rings is 1. The highest BCUT2D eigenvalue weighted by Crippen LogP contribution is 2.25. The Morgan fingerprint density at radius 2 is 2.25 bits per heavy atom. The number of carbonyl (C=O) groups is 1. The Morgan fingerprint density at radius 1 is 1.56 bits per heavy atom. The molecule has 0 amide bonds. The first-order chi connectivity index (χ1) is 7.60. The summed E-state index contributed by atoms with van der Waals surface area (Å²) in [7, 11) is 0. The lowest BCUT2D eigenvalue weighted by Crippen LogP contribution is -2.06. The quantitative estimate of drug-likeness (QED) is 0.730. The van der Waals surface area contributed by atoms with Crippen LogP contribution < -0.4 is 0 Å². The van der Waals surface area contributed by atoms with Gasteiger partial charge in [0.1, 0.15) is 17.1 Å². The number of rotatable bonds is 4. The average Bonchev–Trinajstić information content (AvgIpc) is 2.63. The Labute approximate surface area is 96.1 Å². The van der Waals surface area contributed by atoms with E-state index in [2.05, 4.69) is 0 Å². The fourth-order valence-electron chi connectivity index (χ4n) is 1.47. The molecule has 0 aromatic carbocycles. The van der Waals surface area contributed by atoms with Crippen LogP contribution in [0.1, 0.15) is 55.5 Å². The third kappa shape index (κ3) is 2.75. The van der Waals surface area contributed by atoms with Gasteiger partial charge in [0.05, 0.1) is 6.61 Å². The van der Waals surface area contributed by atoms with E-state index >= 15 is 0 Å². The maximum Gasteiger partial charge on any atom is 0.341 e. The highest BCUT2D eigenvalue weighted by molar-refractivity contribution is 5.91. The summed E-state index contributed by atoms with van der Waals surface area (Å²) in [5.74, 6) is 1.23. The van der Waals surface area contributed by atoms with E-state index in [1.165, 1.54) is 0 Å². The predicted molar refractivity (Wildman–Crippen MR) is 63.5 cm³/mol. The maximum atomic E-state index is 11.7. The highest BCUT2D eigenvalue weighted by atomic mass is 16.5. The standard InChI is InChI=1S/C13H18O3/c1-5-7-10-8-11(13(14)15-6-2)12(16-10)9(3)4/h5,7-9H,6H2,1-4H3/b7-5+. The summed E-state index contributed by atoms with van der Waals surface area (Å²) >= 11 is 0. The van der Waals surface area contributed by atoms with Crippen LogP contribution in [0.3, 0.4) is 0 Å². The number of esters is 1. The number of hydrogen-bond acceptors (Lipinski definition) is 3. The molecule has 1 heterocycles. The van der Waals surface area contributed by atoms with E-state index < -0.39 is 0 Å². The minimum Gasteiger partial charge on any atom is -0.462 e. The molecule has 0 spiro atoms. The van der Waals surface area contributed by atoms with Crippen molar-refractivity contribution in [1.29, 1.82) is 0 Å². The molecule has 0 saturated carbocycles. The first-order valence-corrected chi connectivity index (χ1v) is 5.53. The van der Waals surface area contributed by atoms with Gasteiger partial charge < -0.3 is 9.15 Å². The fraction of sp³-hybridized carbons (Fsp3) is 0.462. The molecule has 0 aliphatic rings. The Morgan fingerprint density at radius 3 is 2.75 bits per heavy atom. The minimum atomic E-state index is -0.314. The van der Waals surface area contributed by atoms with E-state index in [0.29, 0.717) is 23.7 Å². The third-order valence-electron chi connectivity index (χ3n) is 2.13. The summed E-state index contributed by atoms with van der Waals surface area (Å²) in [4.78, 5) is 11.7. The molecule has 1 aromatic rings. The molecule has 1 aromatic heterocycles. The Kier molecular flexibility index (Phi) is 4.35. The van der Waals surface area contributed by atoms with Gasteiger partial charge in [-0.2, -0.15) is 0 Å². The van der Waals surface area contributed by atoms with Crippen LogP contribution >= 0.6 is 0 Å². The van der Waals surface area contributed by atoms with Crippen molar-refractivity contribution in [2.45, 2.75) is 33.6 Å². The van der Waals surface area contributed by atoms with Crippen LogP contribution in [0.2, 0.25) is 0 Å². The van der Waals surface area contributed by atoms with E-state index in [0.717, 1.165) is 0 Å². The van der Waals surface area contributed by atoms with Gasteiger partial charge in [-0.25, -0.2) is 4.79 Å². The second kappa shape index (κ2) is 5.54. The van der Waals surface area contributed by atoms with Gasteiger partial charge in [0.2, 0.25) is 0 Å². The molecule has 88 valence electrons. The van der Waals surface area contributed by atoms with Crippen molar-refractivity contribution in [2.75, 3.05) is 6.61 Å². The van der Waals surface area contributed by atoms with Gasteiger partial charge in [-0.1, -0.05) is 19.9 Å². The Bertz CT molecular complexity index is 386. The second-order valence-electron chi connectivity index (χ2n) is 3.80. The zero-order valence-corrected chi connectivity index (χ0v) is 10.2. The molecule has 0 aliphatic heterocycles. The van der Waals surface area contributed by atoms with Crippen LogP contribution in [0, 0.1) is 0 Å². The van der Waals surface area contributed by atoms with Crippen LogP contribution in [-0.2, 0) is 4.74 Å². The Hall–Kier alpha value is -1.51. The molecule has 16 heavy (non-hydrogen) atoms. The van der Waals surface area contributed by atoms with E-state index in [-0.39, 0.29) is 11.9 Å². The number of allylic oxidation sites excluding steroid dienone is 1. The second-order valence-corrected chi connectivity index (χ2v) is 3.80. The van der Waals surface area contributed by atoms with Gasteiger partial charge in [-0.15, -0.1) is 0 Å². The fourth-order valence-corrected chi connectivity index (χ4v) is 1.47. The molecule has 1 rings (SSSR count). The van der Waals surface area contributed by atoms with E-state index in [1.807, 2.05) is 32.9 Å². The molecular weight excluding hydrogens is 204 g/mol. The molecule has 0 bridgehead atoms. The summed E-state index contributed by atoms with van der Waals surface area (Å²) in [6.45, 7) is 8.05. The molecule has 3 heteroatoms. The van der Waals surface area contributed by atoms with Crippen molar-refractivity contribution in [3.05, 3.63) is 29.2 Å². The van der Waals surface area contributed by atoms with Crippen LogP contribution in [-0.4, -0.2) is 12.6 Å². The lowest BCUT2D eigenvalue weighted by molar-refractivity contribution is 0.0523. The molecular formula is C13H18O3. The van der Waals surface area contributed by atoms with Crippen LogP contribution in [0.15, 0.2) is 16.6 Å². The minimum absolute atomic E-state index is 0.165. The van der Waals surface area contributed by atoms with Gasteiger partial charge in [0.25, 0.3) is 0 Å². The van der Waals surface area contributed by atoms with Gasteiger partial charge in [-0.3, -0.25) is 0 Å². The summed E-state index contributed by atoms with van der Waals surface area (Å²) in [5, 5.41) is 0. The van der Waals surface area contributed by atoms with Crippen molar-refractivity contribution in [1.82, 2.24) is 0 Å². The van der Waals surface area contributed by atoms with Gasteiger partial charge in [0.15, 0.2) is 0 Å². The zero-order valence-electron chi connectivity index (χ0n) is 10.2. The molecule has 0 unspecified atom stereocenters. The average molecular weight is 222 g/mol. The van der Waals surface area contributed by atoms with Crippen LogP contribution in [0.5, 0.6) is 0 Å². The van der Waals surface area contributed by atoms with Crippen molar-refractivity contribution in [3.63, 3.8) is 0 Å². The predicted octanol–water partition coefficient (Wildman–Crippen LogP) is 3.61. The van der Waals surface area contributed by atoms with E-state index in [1.54, 1.807) is 13.0 Å². The van der Waals surface area contributed by atoms with Gasteiger partial charge >= 0.3 is 5.97 Å². The first-order valence-electron chi connectivity index (χ1n) is 5.53. The van der Waals surface area contributed by atoms with Gasteiger partial charge in [0, 0.05) is 5.92 Å². The molecule has 0 radical (unpaired) electrons. The number of carbonyl (C=O) groups excluding carboxylic acids is 1. The van der Waals surface area contributed by atoms with E-state index in [9.17, 15) is 4.79 Å². The number of hydrogen-bond donors (Lipinski definition) is 0. The maximum absolute atomic E-state index is 11.7. The van der Waals surface area contributed by atoms with Crippen molar-refractivity contribution >= 4 is 12.0 Å². The molecule has 0 atom stereocenters. The largest absolute Gasteiger partial charge is 0.462 e. The molecule has 0 saturated heterocycles. The summed E-state index contributed by atoms with van der Waals surface area (Å²) in [6, 6.07) is 1.73. The monoisotopic (exact) mass is 222 g/mol. The molecule has 0 aliphatic carbocycles. The van der Waals surface area contributed by atoms with Gasteiger partial charge in [-0.05, 0) is 26.0 Å². The number of ether oxygens (including phenoxy) is 1.